The van der Waals surface area contributed by atoms with Crippen LogP contribution in [0.25, 0.3) is 33.0 Å². The van der Waals surface area contributed by atoms with Crippen molar-refractivity contribution in [3.05, 3.63) is 155 Å². The highest BCUT2D eigenvalue weighted by Crippen LogP contribution is 2.41. The lowest BCUT2D eigenvalue weighted by atomic mass is 9.87. The number of allylic oxidation sites excluding steroid dienone is 11. The molecule has 1 heterocycles. The Bertz CT molecular complexity index is 1940. The number of benzene rings is 3. The Labute approximate surface area is 324 Å². The monoisotopic (exact) mass is 755 g/mol. The zero-order valence-corrected chi connectivity index (χ0v) is 34.3. The van der Waals surface area contributed by atoms with Crippen LogP contribution in [-0.2, 0) is 5.54 Å². The number of rotatable bonds is 18. The third-order valence-electron chi connectivity index (χ3n) is 10.4. The van der Waals surface area contributed by atoms with Crippen LogP contribution in [0.2, 0.25) is 0 Å². The van der Waals surface area contributed by atoms with Crippen molar-refractivity contribution in [3.8, 4) is 0 Å². The lowest BCUT2D eigenvalue weighted by Crippen LogP contribution is -2.28. The molecule has 1 nitrogen and oxygen atoms in total. The highest BCUT2D eigenvalue weighted by molar-refractivity contribution is 9.10. The summed E-state index contributed by atoms with van der Waals surface area (Å²) < 4.78 is 3.67. The van der Waals surface area contributed by atoms with E-state index in [1.54, 1.807) is 0 Å². The van der Waals surface area contributed by atoms with Crippen LogP contribution in [0.15, 0.2) is 144 Å². The molecule has 1 aliphatic rings. The molecule has 3 aromatic carbocycles. The molecule has 1 aliphatic carbocycles. The molecule has 1 aromatic heterocycles. The summed E-state index contributed by atoms with van der Waals surface area (Å²) in [6.45, 7) is 23.6. The number of nitrogens with zero attached hydrogens (tertiary/aromatic N) is 1. The molecule has 0 spiro atoms. The first-order valence-electron chi connectivity index (χ1n) is 19.9. The Kier molecular flexibility index (Phi) is 16.0. The molecule has 52 heavy (non-hydrogen) atoms. The molecule has 0 saturated heterocycles. The minimum absolute atomic E-state index is 0.192. The minimum atomic E-state index is -0.192. The van der Waals surface area contributed by atoms with E-state index in [1.165, 1.54) is 107 Å². The van der Waals surface area contributed by atoms with E-state index in [0.717, 1.165) is 35.7 Å². The topological polar surface area (TPSA) is 4.93 Å². The number of unbranched alkanes of at least 4 members (excludes halogenated alkanes) is 6. The summed E-state index contributed by atoms with van der Waals surface area (Å²) in [5, 5.41) is 2.60. The molecular formula is C50H62BrN. The van der Waals surface area contributed by atoms with Crippen LogP contribution in [-0.4, -0.2) is 4.57 Å². The van der Waals surface area contributed by atoms with E-state index in [2.05, 4.69) is 158 Å². The van der Waals surface area contributed by atoms with Crippen LogP contribution in [0.1, 0.15) is 123 Å². The highest BCUT2D eigenvalue weighted by atomic mass is 79.9. The molecule has 0 fully saturated rings. The van der Waals surface area contributed by atoms with E-state index in [0.29, 0.717) is 0 Å². The van der Waals surface area contributed by atoms with E-state index in [-0.39, 0.29) is 5.54 Å². The van der Waals surface area contributed by atoms with Crippen LogP contribution in [0, 0.1) is 0 Å². The molecule has 5 rings (SSSR count). The van der Waals surface area contributed by atoms with Crippen LogP contribution in [0.5, 0.6) is 0 Å². The number of fused-ring (bicyclic) bond motifs is 3. The normalized spacial score (nSPS) is 16.3. The van der Waals surface area contributed by atoms with Crippen molar-refractivity contribution in [3.63, 3.8) is 0 Å². The summed E-state index contributed by atoms with van der Waals surface area (Å²) in [5.74, 6) is 0. The van der Waals surface area contributed by atoms with Crippen LogP contribution >= 0.6 is 15.9 Å². The Hall–Kier alpha value is -3.88. The Morgan fingerprint density at radius 2 is 1.48 bits per heavy atom. The summed E-state index contributed by atoms with van der Waals surface area (Å²) in [5.41, 5.74) is 11.3. The first-order chi connectivity index (χ1) is 25.3. The van der Waals surface area contributed by atoms with Gasteiger partial charge in [0.15, 0.2) is 0 Å². The number of halogens is 1. The van der Waals surface area contributed by atoms with Crippen molar-refractivity contribution in [1.82, 2.24) is 4.57 Å². The van der Waals surface area contributed by atoms with Gasteiger partial charge < -0.3 is 4.57 Å². The lowest BCUT2D eigenvalue weighted by Gasteiger charge is -2.32. The molecular weight excluding hydrogens is 694 g/mol. The van der Waals surface area contributed by atoms with E-state index < -0.39 is 0 Å². The second-order valence-corrected chi connectivity index (χ2v) is 15.2. The maximum Gasteiger partial charge on any atom is 0.0643 e. The predicted octanol–water partition coefficient (Wildman–Crippen LogP) is 16.3. The molecule has 1 unspecified atom stereocenters. The van der Waals surface area contributed by atoms with Gasteiger partial charge in [-0.05, 0) is 104 Å². The van der Waals surface area contributed by atoms with Gasteiger partial charge in [-0.15, -0.1) is 0 Å². The SMILES string of the molecule is C=CC(=C)C/C(=C\C(=C(/C=C)CCCCCC)c1ccc2c(c1)c1ccccc1n2C1(C)C=CC(c2ccc(Br)cc2)=CC1)CCCCCC.CC. The second kappa shape index (κ2) is 20.4. The standard InChI is InChI=1S/C48H56BrN.C2H6/c1-7-11-13-15-19-37(33-36(5)9-3)34-44(38(10-4)20-16-14-12-8-2)41-25-28-47-45(35-41)43-21-17-18-22-46(43)50(47)48(6)31-29-40(30-32-48)39-23-26-42(49)27-24-39;1-2/h9-10,17-18,21-31,34-35H,3-5,7-8,11-16,19-20,32-33H2,1-2,6H3;1-2H3/b37-34-,44-38-;. The molecule has 0 radical (unpaired) electrons. The van der Waals surface area contributed by atoms with Gasteiger partial charge in [0, 0.05) is 26.3 Å². The van der Waals surface area contributed by atoms with Gasteiger partial charge in [-0.1, -0.05) is 186 Å². The third kappa shape index (κ3) is 10.2. The Morgan fingerprint density at radius 3 is 2.12 bits per heavy atom. The Morgan fingerprint density at radius 1 is 0.808 bits per heavy atom. The summed E-state index contributed by atoms with van der Waals surface area (Å²) in [6.07, 6.45) is 27.5. The summed E-state index contributed by atoms with van der Waals surface area (Å²) in [6, 6.07) is 24.7. The van der Waals surface area contributed by atoms with Crippen molar-refractivity contribution < 1.29 is 0 Å². The van der Waals surface area contributed by atoms with Crippen molar-refractivity contribution in [2.75, 3.05) is 0 Å². The molecule has 1 atom stereocenters. The fraction of sp³-hybridized carbons (Fsp3) is 0.360. The largest absolute Gasteiger partial charge is 0.331 e. The van der Waals surface area contributed by atoms with E-state index in [9.17, 15) is 0 Å². The van der Waals surface area contributed by atoms with Crippen LogP contribution in [0.4, 0.5) is 0 Å². The predicted molar refractivity (Wildman–Crippen MR) is 237 cm³/mol. The third-order valence-corrected chi connectivity index (χ3v) is 10.9. The zero-order valence-electron chi connectivity index (χ0n) is 32.7. The molecule has 274 valence electrons. The maximum absolute atomic E-state index is 4.36. The first-order valence-corrected chi connectivity index (χ1v) is 20.7. The van der Waals surface area contributed by atoms with E-state index in [1.807, 2.05) is 19.9 Å². The zero-order chi connectivity index (χ0) is 37.5. The molecule has 4 aromatic rings. The number of para-hydroxylation sites is 1. The molecule has 0 N–H and O–H groups in total. The van der Waals surface area contributed by atoms with E-state index >= 15 is 0 Å². The Balaban J connectivity index is 0.00000297. The molecule has 2 heteroatoms. The average molecular weight is 757 g/mol. The number of aromatic nitrogens is 1. The van der Waals surface area contributed by atoms with Crippen molar-refractivity contribution in [2.45, 2.75) is 117 Å². The fourth-order valence-electron chi connectivity index (χ4n) is 7.44. The van der Waals surface area contributed by atoms with Crippen molar-refractivity contribution in [1.29, 1.82) is 0 Å². The van der Waals surface area contributed by atoms with Gasteiger partial charge in [-0.3, -0.25) is 0 Å². The summed E-state index contributed by atoms with van der Waals surface area (Å²) in [7, 11) is 0. The first kappa shape index (κ1) is 40.9. The van der Waals surface area contributed by atoms with Gasteiger partial charge in [-0.2, -0.15) is 0 Å². The van der Waals surface area contributed by atoms with Crippen molar-refractivity contribution >= 4 is 48.9 Å². The number of hydrogen-bond donors (Lipinski definition) is 0. The van der Waals surface area contributed by atoms with Gasteiger partial charge in [-0.25, -0.2) is 0 Å². The fourth-order valence-corrected chi connectivity index (χ4v) is 7.71. The van der Waals surface area contributed by atoms with Gasteiger partial charge in [0.1, 0.15) is 0 Å². The maximum atomic E-state index is 4.36. The highest BCUT2D eigenvalue weighted by Gasteiger charge is 2.29. The summed E-state index contributed by atoms with van der Waals surface area (Å²) in [4.78, 5) is 0. The molecule has 0 aliphatic heterocycles. The van der Waals surface area contributed by atoms with E-state index in [4.69, 9.17) is 0 Å². The smallest absolute Gasteiger partial charge is 0.0643 e. The molecule has 0 saturated carbocycles. The van der Waals surface area contributed by atoms with Crippen LogP contribution < -0.4 is 0 Å². The quantitative estimate of drug-likeness (QED) is 0.0704. The van der Waals surface area contributed by atoms with Gasteiger partial charge >= 0.3 is 0 Å². The summed E-state index contributed by atoms with van der Waals surface area (Å²) >= 11 is 3.58. The van der Waals surface area contributed by atoms with Crippen molar-refractivity contribution in [2.24, 2.45) is 0 Å². The van der Waals surface area contributed by atoms with Gasteiger partial charge in [0.05, 0.1) is 5.54 Å². The number of hydrogen-bond acceptors (Lipinski definition) is 0. The minimum Gasteiger partial charge on any atom is -0.331 e. The van der Waals surface area contributed by atoms with Crippen LogP contribution in [0.3, 0.4) is 0 Å². The molecule has 0 bridgehead atoms. The van der Waals surface area contributed by atoms with Gasteiger partial charge in [0.25, 0.3) is 0 Å². The lowest BCUT2D eigenvalue weighted by molar-refractivity contribution is 0.438. The molecule has 0 amide bonds. The van der Waals surface area contributed by atoms with Gasteiger partial charge in [0.2, 0.25) is 0 Å². The average Bonchev–Trinajstić information content (AvgIpc) is 3.51. The second-order valence-electron chi connectivity index (χ2n) is 14.3.